The first-order chi connectivity index (χ1) is 15.8. The molecule has 1 amide bonds. The Hall–Kier alpha value is -3.04. The number of methoxy groups -OCH3 is 2. The third-order valence-corrected chi connectivity index (χ3v) is 8.05. The lowest BCUT2D eigenvalue weighted by atomic mass is 10.1. The van der Waals surface area contributed by atoms with E-state index < -0.39 is 15.9 Å². The van der Waals surface area contributed by atoms with Crippen LogP contribution in [-0.2, 0) is 16.3 Å². The second-order valence-electron chi connectivity index (χ2n) is 8.18. The van der Waals surface area contributed by atoms with Gasteiger partial charge in [-0.2, -0.15) is 5.10 Å². The number of ether oxygens (including phenoxy) is 2. The van der Waals surface area contributed by atoms with Crippen LogP contribution in [0.5, 0.6) is 11.5 Å². The van der Waals surface area contributed by atoms with Crippen molar-refractivity contribution in [1.29, 1.82) is 0 Å². The molecule has 2 heterocycles. The Labute approximate surface area is 196 Å². The summed E-state index contributed by atoms with van der Waals surface area (Å²) in [5.41, 5.74) is 4.38. The Morgan fingerprint density at radius 3 is 2.61 bits per heavy atom. The zero-order valence-corrected chi connectivity index (χ0v) is 19.7. The summed E-state index contributed by atoms with van der Waals surface area (Å²) in [7, 11) is 0.0311. The van der Waals surface area contributed by atoms with E-state index in [1.807, 2.05) is 24.3 Å². The minimum absolute atomic E-state index is 0.0510. The van der Waals surface area contributed by atoms with Crippen molar-refractivity contribution in [1.82, 2.24) is 15.1 Å². The van der Waals surface area contributed by atoms with Crippen LogP contribution in [0.1, 0.15) is 28.0 Å². The Kier molecular flexibility index (Phi) is 5.33. The Bertz CT molecular complexity index is 1380. The van der Waals surface area contributed by atoms with Crippen LogP contribution in [0.15, 0.2) is 36.4 Å². The largest absolute Gasteiger partial charge is 0.493 e. The van der Waals surface area contributed by atoms with Crippen molar-refractivity contribution in [3.63, 3.8) is 0 Å². The quantitative estimate of drug-likeness (QED) is 0.464. The van der Waals surface area contributed by atoms with E-state index in [-0.39, 0.29) is 23.1 Å². The van der Waals surface area contributed by atoms with Gasteiger partial charge in [-0.05, 0) is 42.3 Å². The van der Waals surface area contributed by atoms with E-state index in [0.29, 0.717) is 35.1 Å². The lowest BCUT2D eigenvalue weighted by Gasteiger charge is -2.12. The van der Waals surface area contributed by atoms with E-state index in [1.165, 1.54) is 0 Å². The van der Waals surface area contributed by atoms with Crippen molar-refractivity contribution in [3.05, 3.63) is 58.2 Å². The summed E-state index contributed by atoms with van der Waals surface area (Å²) in [6.45, 7) is 0. The third-order valence-electron chi connectivity index (χ3n) is 6.05. The summed E-state index contributed by atoms with van der Waals surface area (Å²) in [4.78, 5) is 13.2. The number of halogens is 1. The number of benzene rings is 2. The summed E-state index contributed by atoms with van der Waals surface area (Å²) in [6.07, 6.45) is 0.886. The predicted molar refractivity (Wildman–Crippen MR) is 124 cm³/mol. The van der Waals surface area contributed by atoms with Crippen LogP contribution in [0.2, 0.25) is 5.02 Å². The van der Waals surface area contributed by atoms with E-state index in [0.717, 1.165) is 22.4 Å². The topological polar surface area (TPSA) is 99.5 Å². The number of nitrogens with zero attached hydrogens (tertiary/aromatic N) is 2. The highest BCUT2D eigenvalue weighted by Gasteiger charge is 2.35. The van der Waals surface area contributed by atoms with E-state index >= 15 is 0 Å². The molecule has 1 aliphatic heterocycles. The van der Waals surface area contributed by atoms with Gasteiger partial charge in [0.05, 0.1) is 37.1 Å². The smallest absolute Gasteiger partial charge is 0.272 e. The van der Waals surface area contributed by atoms with Crippen molar-refractivity contribution in [2.24, 2.45) is 0 Å². The lowest BCUT2D eigenvalue weighted by Crippen LogP contribution is -2.36. The summed E-state index contributed by atoms with van der Waals surface area (Å²) >= 11 is 6.23. The molecule has 0 saturated carbocycles. The van der Waals surface area contributed by atoms with E-state index in [1.54, 1.807) is 31.0 Å². The monoisotopic (exact) mass is 487 g/mol. The molecule has 5 rings (SSSR count). The van der Waals surface area contributed by atoms with Crippen LogP contribution < -0.4 is 14.8 Å². The van der Waals surface area contributed by atoms with E-state index in [2.05, 4.69) is 10.4 Å². The van der Waals surface area contributed by atoms with Gasteiger partial charge in [-0.1, -0.05) is 17.7 Å². The molecule has 0 bridgehead atoms. The van der Waals surface area contributed by atoms with Crippen molar-refractivity contribution in [2.45, 2.75) is 18.9 Å². The first-order valence-electron chi connectivity index (χ1n) is 10.4. The second-order valence-corrected chi connectivity index (χ2v) is 10.8. The van der Waals surface area contributed by atoms with Crippen molar-refractivity contribution < 1.29 is 22.7 Å². The van der Waals surface area contributed by atoms with Crippen LogP contribution in [0.4, 0.5) is 0 Å². The average Bonchev–Trinajstić information content (AvgIpc) is 3.43. The summed E-state index contributed by atoms with van der Waals surface area (Å²) in [5, 5.41) is 8.05. The lowest BCUT2D eigenvalue weighted by molar-refractivity contribution is 0.0935. The van der Waals surface area contributed by atoms with Gasteiger partial charge in [0.2, 0.25) is 0 Å². The molecular formula is C23H22ClN3O5S. The Morgan fingerprint density at radius 2 is 1.94 bits per heavy atom. The molecular weight excluding hydrogens is 466 g/mol. The molecule has 0 radical (unpaired) electrons. The number of hydrogen-bond donors (Lipinski definition) is 1. The molecule has 0 unspecified atom stereocenters. The van der Waals surface area contributed by atoms with Gasteiger partial charge in [0.25, 0.3) is 5.91 Å². The number of sulfone groups is 1. The SMILES string of the molecule is COc1cc2c(cc1OC)-c1c(c(C(=O)N[C@H]3CCS(=O)(=O)C3)nn1-c1cccc(Cl)c1)C2. The molecule has 1 fully saturated rings. The fraction of sp³-hybridized carbons (Fsp3) is 0.304. The van der Waals surface area contributed by atoms with Crippen LogP contribution in [0.25, 0.3) is 16.9 Å². The number of carbonyl (C=O) groups is 1. The Balaban J connectivity index is 1.62. The minimum Gasteiger partial charge on any atom is -0.493 e. The third kappa shape index (κ3) is 3.85. The van der Waals surface area contributed by atoms with Crippen LogP contribution in [0, 0.1) is 0 Å². The second kappa shape index (κ2) is 8.07. The molecule has 1 aliphatic carbocycles. The standard InChI is InChI=1S/C23H22ClN3O5S/c1-31-19-9-13-8-18-21(23(28)25-15-6-7-33(29,30)12-15)26-27(16-5-3-4-14(24)10-16)22(18)17(13)11-20(19)32-2/h3-5,9-11,15H,6-8,12H2,1-2H3,(H,25,28)/t15-/m0/s1. The van der Waals surface area contributed by atoms with Crippen LogP contribution in [-0.4, -0.2) is 55.9 Å². The zero-order valence-electron chi connectivity index (χ0n) is 18.1. The van der Waals surface area contributed by atoms with E-state index in [9.17, 15) is 13.2 Å². The summed E-state index contributed by atoms with van der Waals surface area (Å²) in [5.74, 6) is 0.819. The summed E-state index contributed by atoms with van der Waals surface area (Å²) in [6, 6.07) is 10.6. The van der Waals surface area contributed by atoms with Crippen LogP contribution >= 0.6 is 11.6 Å². The first-order valence-corrected chi connectivity index (χ1v) is 12.6. The van der Waals surface area contributed by atoms with E-state index in [4.69, 9.17) is 21.1 Å². The maximum absolute atomic E-state index is 13.2. The molecule has 3 aromatic rings. The molecule has 172 valence electrons. The summed E-state index contributed by atoms with van der Waals surface area (Å²) < 4.78 is 36.3. The molecule has 1 aromatic heterocycles. The molecule has 8 nitrogen and oxygen atoms in total. The van der Waals surface area contributed by atoms with Gasteiger partial charge in [0.1, 0.15) is 0 Å². The molecule has 1 saturated heterocycles. The number of fused-ring (bicyclic) bond motifs is 3. The number of carbonyl (C=O) groups excluding carboxylic acids is 1. The van der Waals surface area contributed by atoms with Crippen LogP contribution in [0.3, 0.4) is 0 Å². The molecule has 1 atom stereocenters. The molecule has 33 heavy (non-hydrogen) atoms. The molecule has 1 N–H and O–H groups in total. The fourth-order valence-corrected chi connectivity index (χ4v) is 6.37. The zero-order chi connectivity index (χ0) is 23.3. The van der Waals surface area contributed by atoms with Gasteiger partial charge in [0.15, 0.2) is 27.0 Å². The minimum atomic E-state index is -3.12. The van der Waals surface area contributed by atoms with Gasteiger partial charge in [-0.25, -0.2) is 13.1 Å². The van der Waals surface area contributed by atoms with Gasteiger partial charge in [0, 0.05) is 28.6 Å². The molecule has 0 spiro atoms. The van der Waals surface area contributed by atoms with Gasteiger partial charge in [-0.3, -0.25) is 4.79 Å². The van der Waals surface area contributed by atoms with Crippen molar-refractivity contribution >= 4 is 27.3 Å². The number of rotatable bonds is 5. The molecule has 10 heteroatoms. The molecule has 2 aliphatic rings. The number of aromatic nitrogens is 2. The van der Waals surface area contributed by atoms with Gasteiger partial charge >= 0.3 is 0 Å². The fourth-order valence-electron chi connectivity index (χ4n) is 4.51. The maximum atomic E-state index is 13.2. The number of hydrogen-bond acceptors (Lipinski definition) is 6. The van der Waals surface area contributed by atoms with Gasteiger partial charge in [-0.15, -0.1) is 0 Å². The normalized spacial score (nSPS) is 18.0. The first kappa shape index (κ1) is 21.8. The van der Waals surface area contributed by atoms with Crippen molar-refractivity contribution in [3.8, 4) is 28.4 Å². The maximum Gasteiger partial charge on any atom is 0.272 e. The predicted octanol–water partition coefficient (Wildman–Crippen LogP) is 3.03. The number of nitrogens with one attached hydrogen (secondary N) is 1. The number of amides is 1. The highest BCUT2D eigenvalue weighted by Crippen LogP contribution is 2.45. The van der Waals surface area contributed by atoms with Crippen molar-refractivity contribution in [2.75, 3.05) is 25.7 Å². The van der Waals surface area contributed by atoms with Gasteiger partial charge < -0.3 is 14.8 Å². The Morgan fingerprint density at radius 1 is 1.18 bits per heavy atom. The highest BCUT2D eigenvalue weighted by atomic mass is 35.5. The highest BCUT2D eigenvalue weighted by molar-refractivity contribution is 7.91. The average molecular weight is 488 g/mol. The molecule has 2 aromatic carbocycles.